The molecule has 0 saturated carbocycles. The summed E-state index contributed by atoms with van der Waals surface area (Å²) in [6, 6.07) is 7.93. The number of pyridine rings is 1. The Kier molecular flexibility index (Phi) is 3.32. The summed E-state index contributed by atoms with van der Waals surface area (Å²) in [5.41, 5.74) is -0.219. The first kappa shape index (κ1) is 14.1. The van der Waals surface area contributed by atoms with Crippen LogP contribution in [-0.2, 0) is 6.18 Å². The highest BCUT2D eigenvalue weighted by Crippen LogP contribution is 2.34. The number of amides is 1. The van der Waals surface area contributed by atoms with Gasteiger partial charge in [0.15, 0.2) is 0 Å². The van der Waals surface area contributed by atoms with Crippen molar-refractivity contribution in [2.24, 2.45) is 0 Å². The third kappa shape index (κ3) is 2.65. The zero-order chi connectivity index (χ0) is 15.7. The molecule has 0 spiro atoms. The second-order valence-electron chi connectivity index (χ2n) is 4.64. The molecule has 0 aliphatic rings. The maximum atomic E-state index is 12.9. The highest BCUT2D eigenvalue weighted by Gasteiger charge is 2.33. The summed E-state index contributed by atoms with van der Waals surface area (Å²) in [6.45, 7) is 0. The molecule has 7 heteroatoms. The molecule has 0 bridgehead atoms. The zero-order valence-corrected chi connectivity index (χ0v) is 11.1. The number of aromatic nitrogens is 2. The summed E-state index contributed by atoms with van der Waals surface area (Å²) in [5, 5.41) is 2.30. The molecule has 4 nitrogen and oxygen atoms in total. The van der Waals surface area contributed by atoms with Gasteiger partial charge in [-0.25, -0.2) is 4.98 Å². The van der Waals surface area contributed by atoms with Gasteiger partial charge < -0.3 is 9.72 Å². The summed E-state index contributed by atoms with van der Waals surface area (Å²) in [6.07, 6.45) is 0.211. The van der Waals surface area contributed by atoms with Crippen molar-refractivity contribution in [1.29, 1.82) is 0 Å². The molecule has 0 atom stereocenters. The normalized spacial score (nSPS) is 11.6. The Morgan fingerprint density at radius 2 is 1.95 bits per heavy atom. The Labute approximate surface area is 123 Å². The molecule has 2 aromatic heterocycles. The summed E-state index contributed by atoms with van der Waals surface area (Å²) < 4.78 is 40.4. The van der Waals surface area contributed by atoms with Crippen LogP contribution in [0.5, 0.6) is 0 Å². The Balaban J connectivity index is 1.91. The van der Waals surface area contributed by atoms with E-state index < -0.39 is 17.6 Å². The first-order chi connectivity index (χ1) is 10.4. The minimum Gasteiger partial charge on any atom is -0.321 e. The minimum absolute atomic E-state index is 0.255. The van der Waals surface area contributed by atoms with Gasteiger partial charge in [0, 0.05) is 11.8 Å². The van der Waals surface area contributed by atoms with E-state index in [1.54, 1.807) is 29.2 Å². The van der Waals surface area contributed by atoms with Crippen molar-refractivity contribution < 1.29 is 18.0 Å². The Morgan fingerprint density at radius 3 is 2.73 bits per heavy atom. The van der Waals surface area contributed by atoms with E-state index in [0.29, 0.717) is 5.52 Å². The van der Waals surface area contributed by atoms with Gasteiger partial charge in [0.2, 0.25) is 0 Å². The van der Waals surface area contributed by atoms with E-state index in [1.807, 2.05) is 0 Å². The molecule has 1 N–H and O–H groups in total. The van der Waals surface area contributed by atoms with Gasteiger partial charge in [0.1, 0.15) is 0 Å². The number of hydrogen-bond acceptors (Lipinski definition) is 2. The highest BCUT2D eigenvalue weighted by atomic mass is 19.4. The van der Waals surface area contributed by atoms with Gasteiger partial charge >= 0.3 is 6.18 Å². The lowest BCUT2D eigenvalue weighted by atomic mass is 10.1. The molecule has 1 amide bonds. The summed E-state index contributed by atoms with van der Waals surface area (Å²) in [4.78, 5) is 16.1. The third-order valence-electron chi connectivity index (χ3n) is 3.16. The van der Waals surface area contributed by atoms with Gasteiger partial charge in [-0.3, -0.25) is 4.79 Å². The van der Waals surface area contributed by atoms with Crippen LogP contribution in [0.2, 0.25) is 0 Å². The number of fused-ring (bicyclic) bond motifs is 1. The number of benzene rings is 1. The largest absolute Gasteiger partial charge is 0.418 e. The van der Waals surface area contributed by atoms with Crippen LogP contribution >= 0.6 is 0 Å². The van der Waals surface area contributed by atoms with Crippen LogP contribution in [0.4, 0.5) is 18.9 Å². The molecule has 3 aromatic rings. The number of hydrogen-bond donors (Lipinski definition) is 1. The number of alkyl halides is 3. The predicted molar refractivity (Wildman–Crippen MR) is 74.6 cm³/mol. The molecule has 0 saturated heterocycles. The first-order valence-electron chi connectivity index (χ1n) is 6.34. The van der Waals surface area contributed by atoms with Crippen LogP contribution in [0.1, 0.15) is 15.9 Å². The number of nitrogens with one attached hydrogen (secondary N) is 1. The summed E-state index contributed by atoms with van der Waals surface area (Å²) >= 11 is 0. The third-order valence-corrected chi connectivity index (χ3v) is 3.16. The summed E-state index contributed by atoms with van der Waals surface area (Å²) in [7, 11) is 0. The van der Waals surface area contributed by atoms with E-state index in [-0.39, 0.29) is 11.3 Å². The highest BCUT2D eigenvalue weighted by molar-refractivity contribution is 6.05. The van der Waals surface area contributed by atoms with E-state index in [9.17, 15) is 18.0 Å². The van der Waals surface area contributed by atoms with Gasteiger partial charge in [-0.2, -0.15) is 13.2 Å². The van der Waals surface area contributed by atoms with Gasteiger partial charge in [-0.15, -0.1) is 0 Å². The fraction of sp³-hybridized carbons (Fsp3) is 0.0667. The van der Waals surface area contributed by atoms with Crippen molar-refractivity contribution in [3.05, 3.63) is 66.2 Å². The molecule has 2 heterocycles. The van der Waals surface area contributed by atoms with Crippen LogP contribution in [0.3, 0.4) is 0 Å². The zero-order valence-electron chi connectivity index (χ0n) is 11.1. The first-order valence-corrected chi connectivity index (χ1v) is 6.34. The maximum absolute atomic E-state index is 12.9. The van der Waals surface area contributed by atoms with E-state index in [4.69, 9.17) is 0 Å². The maximum Gasteiger partial charge on any atom is 0.418 e. The lowest BCUT2D eigenvalue weighted by Crippen LogP contribution is -2.16. The molecule has 0 radical (unpaired) electrons. The van der Waals surface area contributed by atoms with Crippen molar-refractivity contribution in [1.82, 2.24) is 9.38 Å². The van der Waals surface area contributed by atoms with Crippen molar-refractivity contribution in [2.75, 3.05) is 5.32 Å². The lowest BCUT2D eigenvalue weighted by Gasteiger charge is -2.13. The van der Waals surface area contributed by atoms with Crippen molar-refractivity contribution >= 4 is 17.1 Å². The number of carbonyl (C=O) groups is 1. The number of rotatable bonds is 2. The van der Waals surface area contributed by atoms with E-state index in [2.05, 4.69) is 10.3 Å². The van der Waals surface area contributed by atoms with Crippen molar-refractivity contribution in [2.45, 2.75) is 6.18 Å². The van der Waals surface area contributed by atoms with E-state index in [1.165, 1.54) is 24.3 Å². The molecule has 22 heavy (non-hydrogen) atoms. The molecular formula is C15H10F3N3O. The molecular weight excluding hydrogens is 295 g/mol. The fourth-order valence-electron chi connectivity index (χ4n) is 2.09. The van der Waals surface area contributed by atoms with E-state index in [0.717, 1.165) is 6.07 Å². The van der Waals surface area contributed by atoms with E-state index >= 15 is 0 Å². The number of carbonyl (C=O) groups excluding carboxylic acids is 1. The van der Waals surface area contributed by atoms with Crippen LogP contribution in [0.15, 0.2) is 55.1 Å². The number of para-hydroxylation sites is 1. The monoisotopic (exact) mass is 305 g/mol. The van der Waals surface area contributed by atoms with Gasteiger partial charge in [0.05, 0.1) is 29.3 Å². The lowest BCUT2D eigenvalue weighted by molar-refractivity contribution is -0.136. The van der Waals surface area contributed by atoms with Gasteiger partial charge in [0.25, 0.3) is 5.91 Å². The Morgan fingerprint density at radius 1 is 1.18 bits per heavy atom. The predicted octanol–water partition coefficient (Wildman–Crippen LogP) is 3.61. The van der Waals surface area contributed by atoms with Crippen LogP contribution in [0, 0.1) is 0 Å². The molecule has 0 fully saturated rings. The summed E-state index contributed by atoms with van der Waals surface area (Å²) in [5.74, 6) is -0.611. The number of imidazole rings is 1. The average Bonchev–Trinajstić information content (AvgIpc) is 2.94. The second-order valence-corrected chi connectivity index (χ2v) is 4.64. The van der Waals surface area contributed by atoms with Crippen LogP contribution in [0.25, 0.3) is 5.52 Å². The number of anilines is 1. The van der Waals surface area contributed by atoms with Crippen LogP contribution in [-0.4, -0.2) is 15.3 Å². The smallest absolute Gasteiger partial charge is 0.321 e. The molecule has 0 aliphatic carbocycles. The topological polar surface area (TPSA) is 46.4 Å². The Bertz CT molecular complexity index is 839. The standard InChI is InChI=1S/C15H10F3N3O/c16-15(17,18)12-3-1-2-4-13(12)20-14(22)10-5-6-21-9-19-8-11(21)7-10/h1-9H,(H,20,22). The molecule has 0 unspecified atom stereocenters. The van der Waals surface area contributed by atoms with Gasteiger partial charge in [-0.05, 0) is 24.3 Å². The molecule has 112 valence electrons. The number of nitrogens with zero attached hydrogens (tertiary/aromatic N) is 2. The molecule has 3 rings (SSSR count). The SMILES string of the molecule is O=C(Nc1ccccc1C(F)(F)F)c1ccn2cncc2c1. The molecule has 1 aromatic carbocycles. The fourth-order valence-corrected chi connectivity index (χ4v) is 2.09. The minimum atomic E-state index is -4.53. The number of halogens is 3. The Hall–Kier alpha value is -2.83. The van der Waals surface area contributed by atoms with Crippen LogP contribution < -0.4 is 5.32 Å². The average molecular weight is 305 g/mol. The second kappa shape index (κ2) is 5.18. The molecule has 0 aliphatic heterocycles. The van der Waals surface area contributed by atoms with Gasteiger partial charge in [-0.1, -0.05) is 12.1 Å². The van der Waals surface area contributed by atoms with Crippen molar-refractivity contribution in [3.8, 4) is 0 Å². The van der Waals surface area contributed by atoms with Crippen molar-refractivity contribution in [3.63, 3.8) is 0 Å². The quantitative estimate of drug-likeness (QED) is 0.786.